The van der Waals surface area contributed by atoms with Gasteiger partial charge in [0.25, 0.3) is 5.91 Å². The van der Waals surface area contributed by atoms with Crippen LogP contribution in [0.1, 0.15) is 10.5 Å². The first-order chi connectivity index (χ1) is 9.10. The third-order valence-corrected chi connectivity index (χ3v) is 3.12. The summed E-state index contributed by atoms with van der Waals surface area (Å²) in [6.07, 6.45) is 2.92. The molecule has 1 amide bonds. The molecule has 0 fully saturated rings. The first-order valence-electron chi connectivity index (χ1n) is 5.36. The van der Waals surface area contributed by atoms with Crippen molar-refractivity contribution in [1.29, 1.82) is 0 Å². The summed E-state index contributed by atoms with van der Waals surface area (Å²) in [6, 6.07) is 5.20. The molecule has 5 nitrogen and oxygen atoms in total. The van der Waals surface area contributed by atoms with E-state index in [1.807, 2.05) is 0 Å². The highest BCUT2D eigenvalue weighted by atomic mass is 79.9. The van der Waals surface area contributed by atoms with Crippen LogP contribution in [0.15, 0.2) is 35.1 Å². The molecule has 19 heavy (non-hydrogen) atoms. The number of rotatable bonds is 3. The molecule has 2 rings (SSSR count). The lowest BCUT2D eigenvalue weighted by molar-refractivity contribution is 0.102. The summed E-state index contributed by atoms with van der Waals surface area (Å²) in [5.74, 6) is 0.151. The fourth-order valence-electron chi connectivity index (χ4n) is 1.38. The molecule has 7 heteroatoms. The summed E-state index contributed by atoms with van der Waals surface area (Å²) in [5, 5.41) is 5.96. The highest BCUT2D eigenvalue weighted by Gasteiger charge is 2.11. The van der Waals surface area contributed by atoms with Gasteiger partial charge < -0.3 is 10.6 Å². The van der Waals surface area contributed by atoms with E-state index in [-0.39, 0.29) is 11.6 Å². The van der Waals surface area contributed by atoms with Crippen molar-refractivity contribution >= 4 is 44.9 Å². The zero-order chi connectivity index (χ0) is 13.8. The number of aromatic nitrogens is 2. The summed E-state index contributed by atoms with van der Waals surface area (Å²) in [4.78, 5) is 20.1. The summed E-state index contributed by atoms with van der Waals surface area (Å²) >= 11 is 9.32. The Labute approximate surface area is 123 Å². The molecule has 2 aromatic rings. The molecule has 0 aliphatic rings. The number of hydrogen-bond acceptors (Lipinski definition) is 4. The molecule has 0 saturated heterocycles. The molecule has 0 saturated carbocycles. The molecule has 1 heterocycles. The lowest BCUT2D eigenvalue weighted by atomic mass is 10.3. The van der Waals surface area contributed by atoms with Crippen LogP contribution in [0, 0.1) is 0 Å². The van der Waals surface area contributed by atoms with E-state index in [2.05, 4.69) is 36.5 Å². The van der Waals surface area contributed by atoms with Crippen LogP contribution in [0.3, 0.4) is 0 Å². The monoisotopic (exact) mass is 340 g/mol. The lowest BCUT2D eigenvalue weighted by Gasteiger charge is -2.07. The maximum atomic E-state index is 12.0. The van der Waals surface area contributed by atoms with Crippen molar-refractivity contribution in [3.8, 4) is 0 Å². The van der Waals surface area contributed by atoms with Crippen LogP contribution in [0.5, 0.6) is 0 Å². The van der Waals surface area contributed by atoms with Crippen LogP contribution in [0.4, 0.5) is 11.5 Å². The van der Waals surface area contributed by atoms with E-state index in [9.17, 15) is 4.79 Å². The van der Waals surface area contributed by atoms with Gasteiger partial charge in [0.05, 0.1) is 23.1 Å². The van der Waals surface area contributed by atoms with Gasteiger partial charge in [0.2, 0.25) is 0 Å². The van der Waals surface area contributed by atoms with Gasteiger partial charge in [0.1, 0.15) is 11.5 Å². The average Bonchev–Trinajstić information content (AvgIpc) is 2.43. The van der Waals surface area contributed by atoms with Gasteiger partial charge in [-0.25, -0.2) is 4.98 Å². The van der Waals surface area contributed by atoms with Crippen LogP contribution in [0.2, 0.25) is 5.02 Å². The van der Waals surface area contributed by atoms with Gasteiger partial charge in [0.15, 0.2) is 0 Å². The van der Waals surface area contributed by atoms with Crippen LogP contribution in [-0.2, 0) is 0 Å². The molecule has 0 aliphatic carbocycles. The molecule has 1 aromatic heterocycles. The number of anilines is 2. The largest absolute Gasteiger partial charge is 0.372 e. The van der Waals surface area contributed by atoms with Gasteiger partial charge in [-0.2, -0.15) is 0 Å². The molecule has 2 N–H and O–H groups in total. The van der Waals surface area contributed by atoms with Crippen molar-refractivity contribution in [2.24, 2.45) is 0 Å². The Balaban J connectivity index is 2.22. The van der Waals surface area contributed by atoms with Crippen LogP contribution in [0.25, 0.3) is 0 Å². The maximum absolute atomic E-state index is 12.0. The normalized spacial score (nSPS) is 10.1. The van der Waals surface area contributed by atoms with Crippen molar-refractivity contribution in [3.05, 3.63) is 45.8 Å². The van der Waals surface area contributed by atoms with Gasteiger partial charge in [-0.05, 0) is 18.2 Å². The molecular formula is C12H10BrClN4O. The number of nitrogens with zero attached hydrogens (tertiary/aromatic N) is 2. The Kier molecular flexibility index (Phi) is 4.34. The topological polar surface area (TPSA) is 66.9 Å². The quantitative estimate of drug-likeness (QED) is 0.900. The molecule has 0 unspecified atom stereocenters. The predicted octanol–water partition coefficient (Wildman–Crippen LogP) is 3.19. The van der Waals surface area contributed by atoms with E-state index in [0.29, 0.717) is 16.5 Å². The molecule has 0 radical (unpaired) electrons. The molecule has 0 aliphatic heterocycles. The van der Waals surface area contributed by atoms with E-state index in [4.69, 9.17) is 11.6 Å². The fourth-order valence-corrected chi connectivity index (χ4v) is 1.90. The molecule has 0 atom stereocenters. The highest BCUT2D eigenvalue weighted by molar-refractivity contribution is 9.10. The molecular weight excluding hydrogens is 332 g/mol. The van der Waals surface area contributed by atoms with Crippen LogP contribution >= 0.6 is 27.5 Å². The third kappa shape index (κ3) is 3.42. The van der Waals surface area contributed by atoms with Crippen molar-refractivity contribution in [2.45, 2.75) is 0 Å². The number of amides is 1. The Morgan fingerprint density at radius 3 is 2.89 bits per heavy atom. The number of benzene rings is 1. The predicted molar refractivity (Wildman–Crippen MR) is 78.7 cm³/mol. The summed E-state index contributed by atoms with van der Waals surface area (Å²) in [6.45, 7) is 0. The van der Waals surface area contributed by atoms with Crippen molar-refractivity contribution in [3.63, 3.8) is 0 Å². The summed E-state index contributed by atoms with van der Waals surface area (Å²) < 4.78 is 0.822. The Bertz CT molecular complexity index is 620. The van der Waals surface area contributed by atoms with Gasteiger partial charge in [0, 0.05) is 11.5 Å². The van der Waals surface area contributed by atoms with Crippen LogP contribution < -0.4 is 10.6 Å². The number of carbonyl (C=O) groups is 1. The van der Waals surface area contributed by atoms with Crippen LogP contribution in [-0.4, -0.2) is 22.9 Å². The summed E-state index contributed by atoms with van der Waals surface area (Å²) in [7, 11) is 1.71. The van der Waals surface area contributed by atoms with Gasteiger partial charge in [-0.1, -0.05) is 27.5 Å². The SMILES string of the molecule is CNc1cncc(C(=O)Nc2cc(Br)ccc2Cl)n1. The second kappa shape index (κ2) is 5.99. The minimum absolute atomic E-state index is 0.211. The van der Waals surface area contributed by atoms with E-state index in [1.165, 1.54) is 12.4 Å². The average molecular weight is 342 g/mol. The first-order valence-corrected chi connectivity index (χ1v) is 6.53. The zero-order valence-electron chi connectivity index (χ0n) is 9.95. The van der Waals surface area contributed by atoms with Gasteiger partial charge in [-0.3, -0.25) is 9.78 Å². The van der Waals surface area contributed by atoms with Gasteiger partial charge in [-0.15, -0.1) is 0 Å². The smallest absolute Gasteiger partial charge is 0.275 e. The molecule has 0 spiro atoms. The Hall–Kier alpha value is -1.66. The number of halogens is 2. The zero-order valence-corrected chi connectivity index (χ0v) is 12.3. The van der Waals surface area contributed by atoms with Gasteiger partial charge >= 0.3 is 0 Å². The minimum Gasteiger partial charge on any atom is -0.372 e. The minimum atomic E-state index is -0.371. The highest BCUT2D eigenvalue weighted by Crippen LogP contribution is 2.26. The van der Waals surface area contributed by atoms with E-state index in [1.54, 1.807) is 25.2 Å². The molecule has 0 bridgehead atoms. The second-order valence-electron chi connectivity index (χ2n) is 3.62. The Morgan fingerprint density at radius 2 is 2.16 bits per heavy atom. The van der Waals surface area contributed by atoms with E-state index < -0.39 is 0 Å². The van der Waals surface area contributed by atoms with E-state index >= 15 is 0 Å². The standard InChI is InChI=1S/C12H10BrClN4O/c1-15-11-6-16-5-10(17-11)12(19)18-9-4-7(13)2-3-8(9)14/h2-6H,1H3,(H,15,17)(H,18,19). The second-order valence-corrected chi connectivity index (χ2v) is 4.94. The Morgan fingerprint density at radius 1 is 1.37 bits per heavy atom. The van der Waals surface area contributed by atoms with Crippen molar-refractivity contribution in [1.82, 2.24) is 9.97 Å². The summed E-state index contributed by atoms with van der Waals surface area (Å²) in [5.41, 5.74) is 0.723. The number of hydrogen-bond donors (Lipinski definition) is 2. The molecule has 98 valence electrons. The lowest BCUT2D eigenvalue weighted by Crippen LogP contribution is -2.15. The number of carbonyl (C=O) groups excluding carboxylic acids is 1. The third-order valence-electron chi connectivity index (χ3n) is 2.30. The number of nitrogens with one attached hydrogen (secondary N) is 2. The van der Waals surface area contributed by atoms with Crippen molar-refractivity contribution in [2.75, 3.05) is 17.7 Å². The van der Waals surface area contributed by atoms with Crippen molar-refractivity contribution < 1.29 is 4.79 Å². The van der Waals surface area contributed by atoms with E-state index in [0.717, 1.165) is 4.47 Å². The fraction of sp³-hybridized carbons (Fsp3) is 0.0833. The maximum Gasteiger partial charge on any atom is 0.275 e. The molecule has 1 aromatic carbocycles. The first kappa shape index (κ1) is 13.8.